The minimum Gasteiger partial charge on any atom is -0.329 e. The van der Waals surface area contributed by atoms with Crippen LogP contribution in [-0.4, -0.2) is 36.7 Å². The molecule has 18 heavy (non-hydrogen) atoms. The molecule has 0 amide bonds. The number of rotatable bonds is 2. The third-order valence-corrected chi connectivity index (χ3v) is 4.21. The Labute approximate surface area is 112 Å². The molecule has 1 aliphatic rings. The van der Waals surface area contributed by atoms with Gasteiger partial charge < -0.3 is 4.90 Å². The average molecular weight is 289 g/mol. The summed E-state index contributed by atoms with van der Waals surface area (Å²) in [6.07, 6.45) is 0.0871. The van der Waals surface area contributed by atoms with Gasteiger partial charge >= 0.3 is 0 Å². The molecular formula is C10H15N3O3S2. The lowest BCUT2D eigenvalue weighted by Gasteiger charge is -2.27. The Balaban J connectivity index is 2.30. The van der Waals surface area contributed by atoms with Gasteiger partial charge in [0.2, 0.25) is 0 Å². The van der Waals surface area contributed by atoms with Gasteiger partial charge in [-0.3, -0.25) is 4.55 Å². The molecule has 1 fully saturated rings. The zero-order valence-corrected chi connectivity index (χ0v) is 11.7. The molecule has 2 atom stereocenters. The van der Waals surface area contributed by atoms with E-state index >= 15 is 0 Å². The molecule has 0 radical (unpaired) electrons. The second-order valence-corrected chi connectivity index (χ2v) is 6.03. The molecular weight excluding hydrogens is 274 g/mol. The van der Waals surface area contributed by atoms with E-state index < -0.39 is 10.1 Å². The van der Waals surface area contributed by atoms with Gasteiger partial charge in [0, 0.05) is 12.7 Å². The maximum atomic E-state index is 11.0. The summed E-state index contributed by atoms with van der Waals surface area (Å²) in [5, 5.41) is 1.91. The summed E-state index contributed by atoms with van der Waals surface area (Å²) in [5.74, 6) is 0. The van der Waals surface area contributed by atoms with Crippen LogP contribution < -0.4 is 10.3 Å². The maximum Gasteiger partial charge on any atom is 0.294 e. The average Bonchev–Trinajstić information content (AvgIpc) is 2.52. The molecule has 6 nitrogen and oxygen atoms in total. The first-order chi connectivity index (χ1) is 8.30. The molecule has 0 spiro atoms. The normalized spacial score (nSPS) is 25.7. The van der Waals surface area contributed by atoms with E-state index in [0.29, 0.717) is 0 Å². The second-order valence-electron chi connectivity index (χ2n) is 4.12. The summed E-state index contributed by atoms with van der Waals surface area (Å²) in [4.78, 5) is 1.87. The van der Waals surface area contributed by atoms with E-state index in [2.05, 4.69) is 18.1 Å². The summed E-state index contributed by atoms with van der Waals surface area (Å²) in [6, 6.07) is 6.03. The van der Waals surface area contributed by atoms with Crippen LogP contribution >= 0.6 is 12.6 Å². The van der Waals surface area contributed by atoms with Crippen molar-refractivity contribution < 1.29 is 13.0 Å². The van der Waals surface area contributed by atoms with E-state index in [1.54, 1.807) is 12.1 Å². The lowest BCUT2D eigenvalue weighted by atomic mass is 10.3. The number of nitrogens with one attached hydrogen (secondary N) is 1. The van der Waals surface area contributed by atoms with Crippen molar-refractivity contribution in [3.8, 4) is 0 Å². The van der Waals surface area contributed by atoms with Gasteiger partial charge in [-0.15, -0.1) is 12.6 Å². The van der Waals surface area contributed by atoms with Gasteiger partial charge in [-0.25, -0.2) is 10.4 Å². The monoisotopic (exact) mass is 289 g/mol. The predicted octanol–water partition coefficient (Wildman–Crippen LogP) is 0.749. The summed E-state index contributed by atoms with van der Waals surface area (Å²) in [6.45, 7) is 2.00. The Bertz CT molecular complexity index is 532. The number of nitrogens with zero attached hydrogens (tertiary/aromatic N) is 2. The summed E-state index contributed by atoms with van der Waals surface area (Å²) < 4.78 is 30.8. The third-order valence-electron chi connectivity index (χ3n) is 2.98. The number of thiol groups is 1. The number of benzene rings is 1. The molecule has 0 aliphatic carbocycles. The van der Waals surface area contributed by atoms with Gasteiger partial charge in [-0.1, -0.05) is 0 Å². The highest BCUT2D eigenvalue weighted by Gasteiger charge is 2.32. The van der Waals surface area contributed by atoms with Crippen molar-refractivity contribution in [3.05, 3.63) is 24.3 Å². The van der Waals surface area contributed by atoms with E-state index in [0.717, 1.165) is 5.69 Å². The number of hydrogen-bond donors (Lipinski definition) is 3. The van der Waals surface area contributed by atoms with Crippen molar-refractivity contribution in [1.82, 2.24) is 10.4 Å². The van der Waals surface area contributed by atoms with E-state index in [-0.39, 0.29) is 16.6 Å². The van der Waals surface area contributed by atoms with Crippen molar-refractivity contribution >= 4 is 28.4 Å². The summed E-state index contributed by atoms with van der Waals surface area (Å²) in [7, 11) is -2.24. The lowest BCUT2D eigenvalue weighted by Crippen LogP contribution is -2.35. The van der Waals surface area contributed by atoms with Crippen LogP contribution in [0.2, 0.25) is 0 Å². The van der Waals surface area contributed by atoms with Gasteiger partial charge in [-0.05, 0) is 31.2 Å². The zero-order valence-electron chi connectivity index (χ0n) is 9.98. The fourth-order valence-corrected chi connectivity index (χ4v) is 2.88. The molecule has 2 N–H and O–H groups in total. The van der Waals surface area contributed by atoms with E-state index in [9.17, 15) is 8.42 Å². The molecule has 0 bridgehead atoms. The first-order valence-corrected chi connectivity index (χ1v) is 7.29. The first kappa shape index (κ1) is 13.6. The van der Waals surface area contributed by atoms with Crippen LogP contribution in [0.4, 0.5) is 5.69 Å². The quantitative estimate of drug-likeness (QED) is 0.551. The van der Waals surface area contributed by atoms with Crippen LogP contribution in [0.25, 0.3) is 0 Å². The van der Waals surface area contributed by atoms with Gasteiger partial charge in [0.1, 0.15) is 5.50 Å². The van der Waals surface area contributed by atoms with Crippen molar-refractivity contribution in [2.45, 2.75) is 23.5 Å². The molecule has 1 aliphatic heterocycles. The number of anilines is 1. The Hall–Kier alpha value is -0.800. The van der Waals surface area contributed by atoms with Gasteiger partial charge in [0.05, 0.1) is 11.1 Å². The van der Waals surface area contributed by atoms with Gasteiger partial charge in [0.15, 0.2) is 0 Å². The molecule has 100 valence electrons. The topological polar surface area (TPSA) is 72.9 Å². The molecule has 0 aromatic heterocycles. The van der Waals surface area contributed by atoms with Crippen molar-refractivity contribution in [2.24, 2.45) is 0 Å². The van der Waals surface area contributed by atoms with Crippen LogP contribution in [-0.2, 0) is 10.1 Å². The fourth-order valence-electron chi connectivity index (χ4n) is 1.89. The molecule has 1 heterocycles. The largest absolute Gasteiger partial charge is 0.329 e. The molecule has 2 unspecified atom stereocenters. The van der Waals surface area contributed by atoms with Crippen molar-refractivity contribution in [1.29, 1.82) is 0 Å². The molecule has 2 rings (SSSR count). The van der Waals surface area contributed by atoms with Gasteiger partial charge in [-0.2, -0.15) is 8.42 Å². The third kappa shape index (κ3) is 2.47. The van der Waals surface area contributed by atoms with Crippen LogP contribution in [0.1, 0.15) is 6.92 Å². The zero-order chi connectivity index (χ0) is 13.5. The SMILES string of the molecule is CC1N(C)NC(S)N1c1ccc(S(=O)(=O)O)cc1. The van der Waals surface area contributed by atoms with Crippen LogP contribution in [0.15, 0.2) is 29.2 Å². The standard InChI is InChI=1S/C10H15N3O3S2/c1-7-12(2)11-10(17)13(7)8-3-5-9(6-4-8)18(14,15)16/h3-7,10-11,17H,1-2H3,(H,14,15,16). The van der Waals surface area contributed by atoms with E-state index in [4.69, 9.17) is 4.55 Å². The molecule has 1 aromatic carbocycles. The molecule has 8 heteroatoms. The predicted molar refractivity (Wildman–Crippen MR) is 71.9 cm³/mol. The number of hydrazine groups is 1. The molecule has 1 saturated heterocycles. The smallest absolute Gasteiger partial charge is 0.294 e. The minimum absolute atomic E-state index is 0.0871. The summed E-state index contributed by atoms with van der Waals surface area (Å²) in [5.41, 5.74) is 3.76. The Morgan fingerprint density at radius 1 is 1.33 bits per heavy atom. The first-order valence-electron chi connectivity index (χ1n) is 5.33. The Kier molecular flexibility index (Phi) is 3.56. The van der Waals surface area contributed by atoms with Crippen LogP contribution in [0.3, 0.4) is 0 Å². The van der Waals surface area contributed by atoms with E-state index in [1.165, 1.54) is 12.1 Å². The highest BCUT2D eigenvalue weighted by molar-refractivity contribution is 7.85. The minimum atomic E-state index is -4.14. The molecule has 1 aromatic rings. The van der Waals surface area contributed by atoms with Gasteiger partial charge in [0.25, 0.3) is 10.1 Å². The van der Waals surface area contributed by atoms with Crippen molar-refractivity contribution in [3.63, 3.8) is 0 Å². The Morgan fingerprint density at radius 2 is 1.89 bits per heavy atom. The number of hydrogen-bond acceptors (Lipinski definition) is 6. The highest BCUT2D eigenvalue weighted by atomic mass is 32.2. The fraction of sp³-hybridized carbons (Fsp3) is 0.400. The lowest BCUT2D eigenvalue weighted by molar-refractivity contribution is 0.249. The van der Waals surface area contributed by atoms with E-state index in [1.807, 2.05) is 23.9 Å². The molecule has 0 saturated carbocycles. The Morgan fingerprint density at radius 3 is 2.28 bits per heavy atom. The summed E-state index contributed by atoms with van der Waals surface area (Å²) >= 11 is 4.41. The maximum absolute atomic E-state index is 11.0. The van der Waals surface area contributed by atoms with Crippen LogP contribution in [0.5, 0.6) is 0 Å². The highest BCUT2D eigenvalue weighted by Crippen LogP contribution is 2.26. The van der Waals surface area contributed by atoms with Crippen LogP contribution in [0, 0.1) is 0 Å². The van der Waals surface area contributed by atoms with Crippen molar-refractivity contribution in [2.75, 3.05) is 11.9 Å². The second kappa shape index (κ2) is 4.71.